The van der Waals surface area contributed by atoms with Crippen LogP contribution in [-0.4, -0.2) is 42.0 Å². The van der Waals surface area contributed by atoms with E-state index in [0.29, 0.717) is 5.92 Å². The van der Waals surface area contributed by atoms with Gasteiger partial charge in [-0.1, -0.05) is 80.6 Å². The highest BCUT2D eigenvalue weighted by Gasteiger charge is 2.27. The molecular formula is C23H29N3O. The molecule has 4 heteroatoms. The van der Waals surface area contributed by atoms with Crippen molar-refractivity contribution in [3.8, 4) is 0 Å². The van der Waals surface area contributed by atoms with E-state index in [9.17, 15) is 4.79 Å². The maximum absolute atomic E-state index is 12.3. The standard InChI is InChI=1S/C23H29N3O/c1-19(2)13-14-24-23(27)26-17-15-25(16-18-26)22(20-9-5-3-6-10-20)21-11-7-4-8-12-21/h3-14,19,22H,15-18H2,1-2H3,(H,24,27)/b14-13+. The summed E-state index contributed by atoms with van der Waals surface area (Å²) < 4.78 is 0. The summed E-state index contributed by atoms with van der Waals surface area (Å²) in [7, 11) is 0. The van der Waals surface area contributed by atoms with Crippen LogP contribution in [0.25, 0.3) is 0 Å². The molecule has 27 heavy (non-hydrogen) atoms. The van der Waals surface area contributed by atoms with Crippen LogP contribution in [-0.2, 0) is 0 Å². The Balaban J connectivity index is 1.67. The third-order valence-electron chi connectivity index (χ3n) is 4.89. The van der Waals surface area contributed by atoms with Crippen molar-refractivity contribution in [1.29, 1.82) is 0 Å². The third kappa shape index (κ3) is 5.20. The Morgan fingerprint density at radius 3 is 1.89 bits per heavy atom. The Bertz CT molecular complexity index is 695. The first-order valence-corrected chi connectivity index (χ1v) is 9.71. The van der Waals surface area contributed by atoms with E-state index >= 15 is 0 Å². The normalized spacial score (nSPS) is 15.6. The molecule has 0 radical (unpaired) electrons. The van der Waals surface area contributed by atoms with E-state index in [4.69, 9.17) is 0 Å². The lowest BCUT2D eigenvalue weighted by Gasteiger charge is -2.39. The topological polar surface area (TPSA) is 35.6 Å². The Morgan fingerprint density at radius 2 is 1.41 bits per heavy atom. The van der Waals surface area contributed by atoms with E-state index in [-0.39, 0.29) is 12.1 Å². The monoisotopic (exact) mass is 363 g/mol. The molecule has 0 saturated carbocycles. The Kier molecular flexibility index (Phi) is 6.66. The van der Waals surface area contributed by atoms with Gasteiger partial charge in [0.05, 0.1) is 6.04 Å². The molecule has 2 aromatic rings. The lowest BCUT2D eigenvalue weighted by atomic mass is 9.96. The number of carbonyl (C=O) groups excluding carboxylic acids is 1. The number of carbonyl (C=O) groups is 1. The molecule has 3 rings (SSSR count). The third-order valence-corrected chi connectivity index (χ3v) is 4.89. The van der Waals surface area contributed by atoms with Crippen LogP contribution in [0.3, 0.4) is 0 Å². The fraction of sp³-hybridized carbons (Fsp3) is 0.348. The van der Waals surface area contributed by atoms with Crippen molar-refractivity contribution < 1.29 is 4.79 Å². The molecule has 2 aromatic carbocycles. The predicted molar refractivity (Wildman–Crippen MR) is 110 cm³/mol. The van der Waals surface area contributed by atoms with Gasteiger partial charge in [-0.25, -0.2) is 4.79 Å². The molecule has 1 aliphatic rings. The number of nitrogens with zero attached hydrogens (tertiary/aromatic N) is 2. The van der Waals surface area contributed by atoms with Crippen molar-refractivity contribution in [2.24, 2.45) is 5.92 Å². The van der Waals surface area contributed by atoms with Crippen LogP contribution in [0.4, 0.5) is 4.79 Å². The van der Waals surface area contributed by atoms with E-state index in [0.717, 1.165) is 26.2 Å². The van der Waals surface area contributed by atoms with Gasteiger partial charge in [-0.05, 0) is 17.0 Å². The molecule has 1 fully saturated rings. The number of urea groups is 1. The second-order valence-electron chi connectivity index (χ2n) is 7.30. The van der Waals surface area contributed by atoms with Gasteiger partial charge in [0.2, 0.25) is 0 Å². The van der Waals surface area contributed by atoms with Crippen molar-refractivity contribution in [2.75, 3.05) is 26.2 Å². The summed E-state index contributed by atoms with van der Waals surface area (Å²) >= 11 is 0. The minimum absolute atomic E-state index is 0.0116. The van der Waals surface area contributed by atoms with Crippen LogP contribution in [0.15, 0.2) is 72.9 Å². The number of benzene rings is 2. The maximum atomic E-state index is 12.3. The van der Waals surface area contributed by atoms with Gasteiger partial charge in [-0.2, -0.15) is 0 Å². The van der Waals surface area contributed by atoms with E-state index in [1.54, 1.807) is 6.20 Å². The van der Waals surface area contributed by atoms with Gasteiger partial charge in [0, 0.05) is 32.4 Å². The first-order chi connectivity index (χ1) is 13.1. The summed E-state index contributed by atoms with van der Waals surface area (Å²) in [5.41, 5.74) is 2.59. The fourth-order valence-corrected chi connectivity index (χ4v) is 3.47. The molecule has 1 aliphatic heterocycles. The van der Waals surface area contributed by atoms with Crippen LogP contribution in [0.1, 0.15) is 31.0 Å². The molecule has 0 unspecified atom stereocenters. The summed E-state index contributed by atoms with van der Waals surface area (Å²) in [6, 6.07) is 21.4. The number of rotatable bonds is 5. The second-order valence-corrected chi connectivity index (χ2v) is 7.30. The number of piperazine rings is 1. The van der Waals surface area contributed by atoms with Crippen molar-refractivity contribution in [3.05, 3.63) is 84.1 Å². The largest absolute Gasteiger partial charge is 0.322 e. The summed E-state index contributed by atoms with van der Waals surface area (Å²) in [6.45, 7) is 7.37. The zero-order chi connectivity index (χ0) is 19.1. The average Bonchev–Trinajstić information content (AvgIpc) is 2.70. The number of nitrogens with one attached hydrogen (secondary N) is 1. The summed E-state index contributed by atoms with van der Waals surface area (Å²) in [5.74, 6) is 0.430. The Hall–Kier alpha value is -2.59. The number of allylic oxidation sites excluding steroid dienone is 1. The molecule has 142 valence electrons. The lowest BCUT2D eigenvalue weighted by Crippen LogP contribution is -2.51. The van der Waals surface area contributed by atoms with E-state index in [2.05, 4.69) is 84.7 Å². The zero-order valence-electron chi connectivity index (χ0n) is 16.2. The average molecular weight is 364 g/mol. The quantitative estimate of drug-likeness (QED) is 0.861. The van der Waals surface area contributed by atoms with Crippen LogP contribution < -0.4 is 5.32 Å². The zero-order valence-corrected chi connectivity index (χ0v) is 16.2. The lowest BCUT2D eigenvalue weighted by molar-refractivity contribution is 0.122. The maximum Gasteiger partial charge on any atom is 0.321 e. The Morgan fingerprint density at radius 1 is 0.889 bits per heavy atom. The second kappa shape index (κ2) is 9.38. The van der Waals surface area contributed by atoms with Crippen LogP contribution in [0, 0.1) is 5.92 Å². The highest BCUT2D eigenvalue weighted by molar-refractivity contribution is 5.75. The van der Waals surface area contributed by atoms with Gasteiger partial charge >= 0.3 is 6.03 Å². The Labute approximate surface area is 162 Å². The minimum Gasteiger partial charge on any atom is -0.322 e. The van der Waals surface area contributed by atoms with E-state index < -0.39 is 0 Å². The van der Waals surface area contributed by atoms with Crippen LogP contribution in [0.5, 0.6) is 0 Å². The van der Waals surface area contributed by atoms with Crippen molar-refractivity contribution in [1.82, 2.24) is 15.1 Å². The van der Waals surface area contributed by atoms with E-state index in [1.807, 2.05) is 11.0 Å². The minimum atomic E-state index is -0.0116. The van der Waals surface area contributed by atoms with Gasteiger partial charge in [0.1, 0.15) is 0 Å². The van der Waals surface area contributed by atoms with Gasteiger partial charge in [0.25, 0.3) is 0 Å². The van der Waals surface area contributed by atoms with Crippen molar-refractivity contribution >= 4 is 6.03 Å². The molecule has 0 aliphatic carbocycles. The van der Waals surface area contributed by atoms with Crippen molar-refractivity contribution in [2.45, 2.75) is 19.9 Å². The van der Waals surface area contributed by atoms with Gasteiger partial charge in [0.15, 0.2) is 0 Å². The molecule has 4 nitrogen and oxygen atoms in total. The predicted octanol–water partition coefficient (Wildman–Crippen LogP) is 4.27. The highest BCUT2D eigenvalue weighted by Crippen LogP contribution is 2.29. The molecular weight excluding hydrogens is 334 g/mol. The van der Waals surface area contributed by atoms with Crippen LogP contribution >= 0.6 is 0 Å². The molecule has 2 amide bonds. The van der Waals surface area contributed by atoms with Gasteiger partial charge in [-0.3, -0.25) is 4.90 Å². The fourth-order valence-electron chi connectivity index (χ4n) is 3.47. The molecule has 0 atom stereocenters. The van der Waals surface area contributed by atoms with E-state index in [1.165, 1.54) is 11.1 Å². The molecule has 1 heterocycles. The van der Waals surface area contributed by atoms with Gasteiger partial charge in [-0.15, -0.1) is 0 Å². The first kappa shape index (κ1) is 19.2. The SMILES string of the molecule is CC(C)/C=C/NC(=O)N1CCN(C(c2ccccc2)c2ccccc2)CC1. The summed E-state index contributed by atoms with van der Waals surface area (Å²) in [6.07, 6.45) is 3.76. The molecule has 1 N–H and O–H groups in total. The van der Waals surface area contributed by atoms with Crippen molar-refractivity contribution in [3.63, 3.8) is 0 Å². The highest BCUT2D eigenvalue weighted by atomic mass is 16.2. The first-order valence-electron chi connectivity index (χ1n) is 9.71. The number of hydrogen-bond acceptors (Lipinski definition) is 2. The molecule has 0 aromatic heterocycles. The number of hydrogen-bond donors (Lipinski definition) is 1. The smallest absolute Gasteiger partial charge is 0.321 e. The van der Waals surface area contributed by atoms with Crippen LogP contribution in [0.2, 0.25) is 0 Å². The molecule has 0 bridgehead atoms. The molecule has 1 saturated heterocycles. The number of amides is 2. The van der Waals surface area contributed by atoms with Gasteiger partial charge < -0.3 is 10.2 Å². The molecule has 0 spiro atoms. The summed E-state index contributed by atoms with van der Waals surface area (Å²) in [5, 5.41) is 2.88. The summed E-state index contributed by atoms with van der Waals surface area (Å²) in [4.78, 5) is 16.7.